The largest absolute Gasteiger partial charge is 0.465 e. The fourth-order valence-corrected chi connectivity index (χ4v) is 3.83. The summed E-state index contributed by atoms with van der Waals surface area (Å²) in [6.07, 6.45) is 3.40. The number of benzene rings is 2. The van der Waals surface area contributed by atoms with Gasteiger partial charge in [-0.15, -0.1) is 15.3 Å². The van der Waals surface area contributed by atoms with Crippen molar-refractivity contribution in [3.05, 3.63) is 72.2 Å². The van der Waals surface area contributed by atoms with Gasteiger partial charge in [-0.1, -0.05) is 36.0 Å². The minimum absolute atomic E-state index is 0.189. The fraction of sp³-hybridized carbons (Fsp3) is 0.190. The summed E-state index contributed by atoms with van der Waals surface area (Å²) in [5.74, 6) is -0.365. The second kappa shape index (κ2) is 8.50. The highest BCUT2D eigenvalue weighted by atomic mass is 32.2. The first-order valence-electron chi connectivity index (χ1n) is 9.27. The lowest BCUT2D eigenvalue weighted by Gasteiger charge is -2.12. The van der Waals surface area contributed by atoms with Gasteiger partial charge in [-0.3, -0.25) is 0 Å². The molecule has 9 heteroatoms. The van der Waals surface area contributed by atoms with Gasteiger partial charge < -0.3 is 9.30 Å². The van der Waals surface area contributed by atoms with Crippen LogP contribution in [0.15, 0.2) is 66.2 Å². The first kappa shape index (κ1) is 19.8. The van der Waals surface area contributed by atoms with Gasteiger partial charge in [-0.2, -0.15) is 9.90 Å². The van der Waals surface area contributed by atoms with Gasteiger partial charge >= 0.3 is 5.97 Å². The second-order valence-electron chi connectivity index (χ2n) is 6.67. The molecule has 152 valence electrons. The van der Waals surface area contributed by atoms with Gasteiger partial charge in [0.25, 0.3) is 0 Å². The number of carbonyl (C=O) groups is 1. The molecule has 0 radical (unpaired) electrons. The highest BCUT2D eigenvalue weighted by Gasteiger charge is 2.13. The van der Waals surface area contributed by atoms with E-state index in [1.807, 2.05) is 35.9 Å². The molecule has 0 bridgehead atoms. The molecule has 0 aliphatic heterocycles. The predicted molar refractivity (Wildman–Crippen MR) is 113 cm³/mol. The Morgan fingerprint density at radius 1 is 1.17 bits per heavy atom. The van der Waals surface area contributed by atoms with Crippen molar-refractivity contribution in [2.75, 3.05) is 7.11 Å². The van der Waals surface area contributed by atoms with E-state index in [9.17, 15) is 4.79 Å². The van der Waals surface area contributed by atoms with E-state index in [0.29, 0.717) is 5.56 Å². The van der Waals surface area contributed by atoms with Crippen molar-refractivity contribution >= 4 is 17.7 Å². The van der Waals surface area contributed by atoms with Crippen LogP contribution in [-0.2, 0) is 11.8 Å². The minimum Gasteiger partial charge on any atom is -0.465 e. The van der Waals surface area contributed by atoms with E-state index >= 15 is 0 Å². The number of rotatable bonds is 6. The second-order valence-corrected chi connectivity index (χ2v) is 7.98. The van der Waals surface area contributed by atoms with Crippen LogP contribution in [0, 0.1) is 0 Å². The highest BCUT2D eigenvalue weighted by Crippen LogP contribution is 2.33. The van der Waals surface area contributed by atoms with Crippen LogP contribution >= 0.6 is 11.8 Å². The average Bonchev–Trinajstić information content (AvgIpc) is 3.43. The molecule has 0 spiro atoms. The van der Waals surface area contributed by atoms with Gasteiger partial charge in [0.15, 0.2) is 5.16 Å². The summed E-state index contributed by atoms with van der Waals surface area (Å²) in [6, 6.07) is 15.2. The summed E-state index contributed by atoms with van der Waals surface area (Å²) in [6.45, 7) is 2.13. The molecule has 1 atom stereocenters. The molecule has 0 saturated heterocycles. The number of carbonyl (C=O) groups excluding carboxylic acids is 1. The van der Waals surface area contributed by atoms with Crippen molar-refractivity contribution in [2.24, 2.45) is 7.05 Å². The van der Waals surface area contributed by atoms with E-state index in [-0.39, 0.29) is 11.2 Å². The summed E-state index contributed by atoms with van der Waals surface area (Å²) in [4.78, 5) is 13.2. The molecular weight excluding hydrogens is 400 g/mol. The third-order valence-corrected chi connectivity index (χ3v) is 5.82. The van der Waals surface area contributed by atoms with E-state index in [1.165, 1.54) is 7.11 Å². The van der Waals surface area contributed by atoms with Gasteiger partial charge in [0.1, 0.15) is 12.0 Å². The summed E-state index contributed by atoms with van der Waals surface area (Å²) >= 11 is 1.64. The first-order valence-corrected chi connectivity index (χ1v) is 10.1. The molecule has 0 N–H and O–H groups in total. The fourth-order valence-electron chi connectivity index (χ4n) is 2.92. The summed E-state index contributed by atoms with van der Waals surface area (Å²) in [5, 5.41) is 18.1. The topological polar surface area (TPSA) is 87.7 Å². The van der Waals surface area contributed by atoms with Gasteiger partial charge in [-0.05, 0) is 36.8 Å². The molecule has 8 nitrogen and oxygen atoms in total. The van der Waals surface area contributed by atoms with Gasteiger partial charge in [0.05, 0.1) is 24.6 Å². The molecule has 30 heavy (non-hydrogen) atoms. The highest BCUT2D eigenvalue weighted by molar-refractivity contribution is 7.99. The Labute approximate surface area is 177 Å². The zero-order valence-corrected chi connectivity index (χ0v) is 17.6. The van der Waals surface area contributed by atoms with Crippen molar-refractivity contribution < 1.29 is 9.53 Å². The number of aromatic nitrogens is 6. The number of hydrogen-bond donors (Lipinski definition) is 0. The van der Waals surface area contributed by atoms with Crippen molar-refractivity contribution in [1.82, 2.24) is 29.8 Å². The Hall–Kier alpha value is -3.46. The van der Waals surface area contributed by atoms with Crippen LogP contribution in [-0.4, -0.2) is 42.8 Å². The molecule has 0 aliphatic carbocycles. The van der Waals surface area contributed by atoms with Gasteiger partial charge in [-0.25, -0.2) is 4.79 Å². The number of ether oxygens (including phenoxy) is 1. The van der Waals surface area contributed by atoms with Gasteiger partial charge in [0.2, 0.25) is 0 Å². The van der Waals surface area contributed by atoms with E-state index in [2.05, 4.69) is 39.5 Å². The standard InChI is InChI=1S/C21H20N6O2S/c1-14(30-21-24-22-13-26(21)2)17-5-4-6-18(11-17)27-23-12-19(25-27)15-7-9-16(10-8-15)20(28)29-3/h4-14H,1-3H3/t14-/m0/s1. The zero-order valence-electron chi connectivity index (χ0n) is 16.8. The lowest BCUT2D eigenvalue weighted by Crippen LogP contribution is -2.01. The third kappa shape index (κ3) is 4.11. The predicted octanol–water partition coefficient (Wildman–Crippen LogP) is 3.70. The Morgan fingerprint density at radius 3 is 2.67 bits per heavy atom. The molecule has 2 aromatic carbocycles. The van der Waals surface area contributed by atoms with Crippen LogP contribution in [0.5, 0.6) is 0 Å². The van der Waals surface area contributed by atoms with Crippen molar-refractivity contribution in [3.8, 4) is 16.9 Å². The molecule has 0 unspecified atom stereocenters. The number of hydrogen-bond acceptors (Lipinski definition) is 7. The number of thioether (sulfide) groups is 1. The Balaban J connectivity index is 1.54. The molecular formula is C21H20N6O2S. The number of methoxy groups -OCH3 is 1. The van der Waals surface area contributed by atoms with E-state index in [0.717, 1.165) is 27.7 Å². The molecule has 0 fully saturated rings. The van der Waals surface area contributed by atoms with Crippen LogP contribution in [0.1, 0.15) is 28.1 Å². The van der Waals surface area contributed by atoms with Crippen LogP contribution in [0.25, 0.3) is 16.9 Å². The van der Waals surface area contributed by atoms with Crippen molar-refractivity contribution in [2.45, 2.75) is 17.3 Å². The molecule has 2 heterocycles. The van der Waals surface area contributed by atoms with Crippen LogP contribution in [0.3, 0.4) is 0 Å². The first-order chi connectivity index (χ1) is 14.5. The molecule has 2 aromatic heterocycles. The normalized spacial score (nSPS) is 12.0. The summed E-state index contributed by atoms with van der Waals surface area (Å²) < 4.78 is 6.63. The number of aryl methyl sites for hydroxylation is 1. The molecule has 0 amide bonds. The van der Waals surface area contributed by atoms with Crippen molar-refractivity contribution in [3.63, 3.8) is 0 Å². The van der Waals surface area contributed by atoms with E-state index in [4.69, 9.17) is 4.74 Å². The monoisotopic (exact) mass is 420 g/mol. The maximum absolute atomic E-state index is 11.6. The van der Waals surface area contributed by atoms with E-state index in [1.54, 1.807) is 41.2 Å². The third-order valence-electron chi connectivity index (χ3n) is 4.62. The SMILES string of the molecule is COC(=O)c1ccc(-c2cnn(-c3cccc([C@H](C)Sc4nncn4C)c3)n2)cc1. The summed E-state index contributed by atoms with van der Waals surface area (Å²) in [7, 11) is 3.29. The minimum atomic E-state index is -0.365. The van der Waals surface area contributed by atoms with Crippen LogP contribution in [0.4, 0.5) is 0 Å². The van der Waals surface area contributed by atoms with Gasteiger partial charge in [0, 0.05) is 17.9 Å². The molecule has 4 rings (SSSR count). The van der Waals surface area contributed by atoms with Crippen LogP contribution in [0.2, 0.25) is 0 Å². The molecule has 0 saturated carbocycles. The maximum Gasteiger partial charge on any atom is 0.337 e. The zero-order chi connectivity index (χ0) is 21.1. The van der Waals surface area contributed by atoms with E-state index < -0.39 is 0 Å². The van der Waals surface area contributed by atoms with Crippen LogP contribution < -0.4 is 0 Å². The quantitative estimate of drug-likeness (QED) is 0.347. The lowest BCUT2D eigenvalue weighted by molar-refractivity contribution is 0.0601. The lowest BCUT2D eigenvalue weighted by atomic mass is 10.1. The molecule has 0 aliphatic rings. The Bertz CT molecular complexity index is 1170. The number of esters is 1. The van der Waals surface area contributed by atoms with Crippen molar-refractivity contribution in [1.29, 1.82) is 0 Å². The average molecular weight is 420 g/mol. The summed E-state index contributed by atoms with van der Waals surface area (Å²) in [5.41, 5.74) is 4.10. The Kier molecular flexibility index (Phi) is 5.62. The Morgan fingerprint density at radius 2 is 1.97 bits per heavy atom. The maximum atomic E-state index is 11.6. The molecule has 4 aromatic rings. The smallest absolute Gasteiger partial charge is 0.337 e. The number of nitrogens with zero attached hydrogens (tertiary/aromatic N) is 6.